The maximum atomic E-state index is 13.3. The maximum absolute atomic E-state index is 13.3. The summed E-state index contributed by atoms with van der Waals surface area (Å²) in [6, 6.07) is 18.2. The van der Waals surface area contributed by atoms with Crippen LogP contribution in [0.4, 0.5) is 4.39 Å². The summed E-state index contributed by atoms with van der Waals surface area (Å²) in [6.45, 7) is 5.85. The number of carbonyl (C=O) groups excluding carboxylic acids is 1. The van der Waals surface area contributed by atoms with Gasteiger partial charge < -0.3 is 5.11 Å². The third-order valence-electron chi connectivity index (χ3n) is 10.1. The Morgan fingerprint density at radius 1 is 0.978 bits per heavy atom. The standard InChI is InChI=1S/C21H18FGeN2.C17H26O2.Ir/c1-23(2,3)18-6-4-5-14-9-12-17-20(15-7-10-16(22)11-8-15)24-13-25-21(17)19(14)18;1-16(2,3)14(18)7-15(19)17-8-11-4-12(9-17)6-13(5-11)10-17;/h4-7,9-13H,1-3H3;7,11-13,18H,4-6,8-10H2,1-3H3;/q-1;;/b;14-7-;. The molecule has 0 spiro atoms. The number of aromatic nitrogens is 2. The van der Waals surface area contributed by atoms with Crippen molar-refractivity contribution in [2.75, 3.05) is 0 Å². The van der Waals surface area contributed by atoms with Gasteiger partial charge >= 0.3 is 149 Å². The first-order chi connectivity index (χ1) is 20.7. The van der Waals surface area contributed by atoms with Gasteiger partial charge in [0.15, 0.2) is 5.78 Å². The molecule has 1 radical (unpaired) electrons. The second kappa shape index (κ2) is 12.7. The van der Waals surface area contributed by atoms with Crippen LogP contribution < -0.4 is 4.40 Å². The van der Waals surface area contributed by atoms with Crippen molar-refractivity contribution < 1.29 is 34.4 Å². The van der Waals surface area contributed by atoms with E-state index in [1.807, 2.05) is 20.8 Å². The van der Waals surface area contributed by atoms with Crippen LogP contribution in [0.1, 0.15) is 59.3 Å². The molecular formula is C38H44FGeIrN2O2-. The molecular weight excluding hydrogens is 800 g/mol. The van der Waals surface area contributed by atoms with E-state index in [1.165, 1.54) is 46.6 Å². The zero-order chi connectivity index (χ0) is 31.4. The van der Waals surface area contributed by atoms with Gasteiger partial charge in [-0.2, -0.15) is 0 Å². The van der Waals surface area contributed by atoms with Crippen LogP contribution in [0, 0.1) is 40.5 Å². The van der Waals surface area contributed by atoms with Gasteiger partial charge in [0, 0.05) is 37.0 Å². The molecule has 4 aliphatic rings. The minimum absolute atomic E-state index is 0. The fourth-order valence-electron chi connectivity index (χ4n) is 8.20. The Balaban J connectivity index is 0.000000180. The van der Waals surface area contributed by atoms with E-state index in [9.17, 15) is 14.3 Å². The van der Waals surface area contributed by atoms with Crippen molar-refractivity contribution in [1.82, 2.24) is 9.97 Å². The number of benzene rings is 3. The molecule has 4 aromatic rings. The summed E-state index contributed by atoms with van der Waals surface area (Å²) in [4.78, 5) is 21.8. The summed E-state index contributed by atoms with van der Waals surface area (Å²) in [6.07, 6.45) is 10.4. The van der Waals surface area contributed by atoms with Gasteiger partial charge in [0.2, 0.25) is 0 Å². The number of carbonyl (C=O) groups is 1. The van der Waals surface area contributed by atoms with E-state index in [0.717, 1.165) is 59.2 Å². The van der Waals surface area contributed by atoms with Crippen LogP contribution in [0.25, 0.3) is 32.9 Å². The summed E-state index contributed by atoms with van der Waals surface area (Å²) in [5.41, 5.74) is 2.11. The Hall–Kier alpha value is -2.41. The third-order valence-corrected chi connectivity index (χ3v) is 14.3. The SMILES string of the molecule is CC(C)(C)/C(O)=C/C(=O)C12CC3CC(CC(C3)C1)C2.[CH3][Ge]([CH3])([CH3])[c]1cccc2ccc3c(-c4[c-]cc(F)cc4)ncnc3c12.[Ir]. The van der Waals surface area contributed by atoms with Crippen LogP contribution in [0.15, 0.2) is 66.7 Å². The first-order valence-corrected chi connectivity index (χ1v) is 23.4. The molecule has 45 heavy (non-hydrogen) atoms. The quantitative estimate of drug-likeness (QED) is 0.0733. The minimum Gasteiger partial charge on any atom is 0 e. The van der Waals surface area contributed by atoms with E-state index in [0.29, 0.717) is 0 Å². The number of hydrogen-bond acceptors (Lipinski definition) is 4. The predicted octanol–water partition coefficient (Wildman–Crippen LogP) is 9.19. The Kier molecular flexibility index (Phi) is 9.54. The van der Waals surface area contributed by atoms with E-state index in [1.54, 1.807) is 18.5 Å². The molecule has 0 aliphatic heterocycles. The topological polar surface area (TPSA) is 63.1 Å². The van der Waals surface area contributed by atoms with E-state index in [-0.39, 0.29) is 48.3 Å². The monoisotopic (exact) mass is 846 g/mol. The number of ketones is 1. The molecule has 4 aliphatic carbocycles. The summed E-state index contributed by atoms with van der Waals surface area (Å²) < 4.78 is 14.7. The molecule has 1 N–H and O–H groups in total. The molecule has 0 saturated heterocycles. The van der Waals surface area contributed by atoms with Crippen LogP contribution in [0.2, 0.25) is 17.3 Å². The molecule has 4 bridgehead atoms. The van der Waals surface area contributed by atoms with Gasteiger partial charge in [-0.05, 0) is 56.3 Å². The van der Waals surface area contributed by atoms with Crippen LogP contribution in [0.3, 0.4) is 0 Å². The second-order valence-electron chi connectivity index (χ2n) is 15.6. The number of fused-ring (bicyclic) bond motifs is 3. The van der Waals surface area contributed by atoms with Crippen molar-refractivity contribution >= 4 is 45.1 Å². The Morgan fingerprint density at radius 2 is 1.62 bits per heavy atom. The van der Waals surface area contributed by atoms with Crippen LogP contribution in [0.5, 0.6) is 0 Å². The summed E-state index contributed by atoms with van der Waals surface area (Å²) in [7, 11) is 0. The fraction of sp³-hybridized carbons (Fsp3) is 0.447. The molecule has 239 valence electrons. The van der Waals surface area contributed by atoms with Gasteiger partial charge in [-0.1, -0.05) is 20.8 Å². The van der Waals surface area contributed by atoms with Crippen LogP contribution in [-0.4, -0.2) is 34.1 Å². The van der Waals surface area contributed by atoms with Gasteiger partial charge in [0.25, 0.3) is 0 Å². The largest absolute Gasteiger partial charge is 0 e. The Morgan fingerprint density at radius 3 is 2.18 bits per heavy atom. The smallest absolute Gasteiger partial charge is 0 e. The first kappa shape index (κ1) is 33.9. The fourth-order valence-corrected chi connectivity index (χ4v) is 11.6. The number of aliphatic hydroxyl groups is 1. The number of rotatable bonds is 4. The average Bonchev–Trinajstić information content (AvgIpc) is 2.95. The number of allylic oxidation sites excluding steroid dienone is 2. The van der Waals surface area contributed by atoms with Gasteiger partial charge in [0.1, 0.15) is 5.76 Å². The Labute approximate surface area is 283 Å². The van der Waals surface area contributed by atoms with E-state index in [4.69, 9.17) is 0 Å². The normalized spacial score (nSPS) is 24.2. The number of hydrogen-bond donors (Lipinski definition) is 1. The molecule has 1 heterocycles. The first-order valence-electron chi connectivity index (χ1n) is 16.0. The van der Waals surface area contributed by atoms with Gasteiger partial charge in [-0.15, -0.1) is 0 Å². The molecule has 3 aromatic carbocycles. The molecule has 4 fully saturated rings. The van der Waals surface area contributed by atoms with Crippen LogP contribution >= 0.6 is 0 Å². The van der Waals surface area contributed by atoms with Crippen molar-refractivity contribution in [2.45, 2.75) is 76.6 Å². The maximum Gasteiger partial charge on any atom is 0 e. The van der Waals surface area contributed by atoms with Crippen molar-refractivity contribution in [1.29, 1.82) is 0 Å². The summed E-state index contributed by atoms with van der Waals surface area (Å²) in [5.74, 6) is 9.67. The van der Waals surface area contributed by atoms with Crippen molar-refractivity contribution in [3.63, 3.8) is 0 Å². The molecule has 4 saturated carbocycles. The summed E-state index contributed by atoms with van der Waals surface area (Å²) in [5, 5.41) is 13.5. The van der Waals surface area contributed by atoms with E-state index < -0.39 is 13.3 Å². The zero-order valence-electron chi connectivity index (χ0n) is 27.2. The van der Waals surface area contributed by atoms with E-state index in [2.05, 4.69) is 63.6 Å². The zero-order valence-corrected chi connectivity index (χ0v) is 31.7. The number of aliphatic hydroxyl groups excluding tert-OH is 1. The number of halogens is 1. The van der Waals surface area contributed by atoms with Crippen LogP contribution in [-0.2, 0) is 24.9 Å². The molecule has 7 heteroatoms. The third kappa shape index (κ3) is 6.85. The van der Waals surface area contributed by atoms with Gasteiger partial charge in [0.05, 0.1) is 0 Å². The van der Waals surface area contributed by atoms with Crippen molar-refractivity contribution in [2.24, 2.45) is 28.6 Å². The van der Waals surface area contributed by atoms with Gasteiger partial charge in [-0.25, -0.2) is 0 Å². The van der Waals surface area contributed by atoms with E-state index >= 15 is 0 Å². The predicted molar refractivity (Wildman–Crippen MR) is 180 cm³/mol. The molecule has 1 aromatic heterocycles. The van der Waals surface area contributed by atoms with Crippen molar-refractivity contribution in [3.05, 3.63) is 78.6 Å². The molecule has 0 atom stereocenters. The molecule has 4 nitrogen and oxygen atoms in total. The number of nitrogens with zero attached hydrogens (tertiary/aromatic N) is 2. The molecule has 8 rings (SSSR count). The average molecular weight is 845 g/mol. The Bertz CT molecular complexity index is 1720. The summed E-state index contributed by atoms with van der Waals surface area (Å²) >= 11 is -2.08. The van der Waals surface area contributed by atoms with Crippen molar-refractivity contribution in [3.8, 4) is 11.3 Å². The second-order valence-corrected chi connectivity index (χ2v) is 26.2. The molecule has 0 amide bonds. The minimum atomic E-state index is -2.08. The van der Waals surface area contributed by atoms with Gasteiger partial charge in [-0.3, -0.25) is 4.79 Å². The molecule has 0 unspecified atom stereocenters.